The molecule has 1 aromatic carbocycles. The van der Waals surface area contributed by atoms with Crippen molar-refractivity contribution in [2.75, 3.05) is 17.2 Å². The zero-order valence-electron chi connectivity index (χ0n) is 21.8. The maximum atomic E-state index is 13.3. The number of halogens is 2. The fraction of sp³-hybridized carbons (Fsp3) is 0.480. The summed E-state index contributed by atoms with van der Waals surface area (Å²) in [5.41, 5.74) is -0.557. The Morgan fingerprint density at radius 1 is 1.15 bits per heavy atom. The molecule has 2 aliphatic rings. The minimum Gasteiger partial charge on any atom is -0.449 e. The lowest BCUT2D eigenvalue weighted by atomic mass is 10.1. The van der Waals surface area contributed by atoms with Crippen LogP contribution in [0, 0.1) is 0 Å². The van der Waals surface area contributed by atoms with Gasteiger partial charge in [-0.15, -0.1) is 8.78 Å². The number of ether oxygens (including phenoxy) is 4. The Morgan fingerprint density at radius 3 is 2.67 bits per heavy atom. The molecule has 0 bridgehead atoms. The molecule has 1 aliphatic carbocycles. The van der Waals surface area contributed by atoms with Gasteiger partial charge in [0.25, 0.3) is 5.89 Å². The first-order chi connectivity index (χ1) is 18.4. The number of rotatable bonds is 9. The molecule has 1 saturated carbocycles. The summed E-state index contributed by atoms with van der Waals surface area (Å²) in [5, 5.41) is 9.75. The average Bonchev–Trinajstić information content (AvgIpc) is 3.29. The van der Waals surface area contributed by atoms with E-state index >= 15 is 0 Å². The van der Waals surface area contributed by atoms with E-state index in [4.69, 9.17) is 14.0 Å². The number of carbonyl (C=O) groups excluding carboxylic acids is 1. The monoisotopic (exact) mass is 546 g/mol. The highest BCUT2D eigenvalue weighted by Crippen LogP contribution is 2.48. The van der Waals surface area contributed by atoms with Crippen molar-refractivity contribution in [2.24, 2.45) is 0 Å². The lowest BCUT2D eigenvalue weighted by molar-refractivity contribution is -0.286. The van der Waals surface area contributed by atoms with Crippen LogP contribution in [-0.2, 0) is 15.0 Å². The fourth-order valence-corrected chi connectivity index (χ4v) is 3.96. The topological polar surface area (TPSA) is 143 Å². The predicted octanol–water partition coefficient (Wildman–Crippen LogP) is 5.09. The third kappa shape index (κ3) is 6.50. The Bertz CT molecular complexity index is 1360. The smallest absolute Gasteiger partial charge is 0.449 e. The van der Waals surface area contributed by atoms with Crippen LogP contribution in [0.25, 0.3) is 11.4 Å². The number of alkyl halides is 2. The summed E-state index contributed by atoms with van der Waals surface area (Å²) in [5.74, 6) is 0.770. The van der Waals surface area contributed by atoms with Gasteiger partial charge in [-0.3, -0.25) is 5.32 Å². The summed E-state index contributed by atoms with van der Waals surface area (Å²) in [6.45, 7) is 8.00. The number of nitrogens with one attached hydrogen (secondary N) is 2. The molecule has 3 aromatic rings. The number of carbonyl (C=O) groups is 1. The molecule has 1 amide bonds. The van der Waals surface area contributed by atoms with E-state index in [-0.39, 0.29) is 53.3 Å². The van der Waals surface area contributed by atoms with Crippen LogP contribution < -0.4 is 20.1 Å². The van der Waals surface area contributed by atoms with Gasteiger partial charge in [-0.05, 0) is 64.8 Å². The fourth-order valence-electron chi connectivity index (χ4n) is 3.96. The summed E-state index contributed by atoms with van der Waals surface area (Å²) in [4.78, 5) is 25.2. The van der Waals surface area contributed by atoms with Crippen molar-refractivity contribution in [3.8, 4) is 22.9 Å². The van der Waals surface area contributed by atoms with Crippen molar-refractivity contribution in [2.45, 2.75) is 70.5 Å². The van der Waals surface area contributed by atoms with Gasteiger partial charge in [-0.1, -0.05) is 5.16 Å². The average molecular weight is 547 g/mol. The van der Waals surface area contributed by atoms with Crippen molar-refractivity contribution in [1.29, 1.82) is 0 Å². The Labute approximate surface area is 222 Å². The molecular weight excluding hydrogens is 518 g/mol. The van der Waals surface area contributed by atoms with Crippen molar-refractivity contribution in [1.82, 2.24) is 20.1 Å². The van der Waals surface area contributed by atoms with Gasteiger partial charge in [0.1, 0.15) is 11.4 Å². The summed E-state index contributed by atoms with van der Waals surface area (Å²) >= 11 is 0. The van der Waals surface area contributed by atoms with Crippen molar-refractivity contribution < 1.29 is 37.0 Å². The lowest BCUT2D eigenvalue weighted by Gasteiger charge is -2.24. The SMILES string of the molecule is CC(CCOC(=O)Nc1ccnc(NC2(c3nc(-c4ccc5c(c4)OC(F)(F)O5)no3)CC2)n1)OC(C)(C)C. The molecule has 14 heteroatoms. The number of hydrogen-bond donors (Lipinski definition) is 2. The second kappa shape index (κ2) is 9.91. The standard InChI is InChI=1S/C25H28F2N6O6/c1-14(36-23(2,3)4)8-12-35-22(34)30-18-7-11-28-21(29-18)32-24(9-10-24)20-31-19(33-39-20)15-5-6-16-17(13-15)38-25(26,27)37-16/h5-7,11,13-14H,8-10,12H2,1-4H3,(H2,28,29,30,32,34). The molecule has 1 aliphatic heterocycles. The molecule has 2 aromatic heterocycles. The molecule has 0 radical (unpaired) electrons. The van der Waals surface area contributed by atoms with Crippen LogP contribution in [-0.4, -0.2) is 50.8 Å². The zero-order valence-corrected chi connectivity index (χ0v) is 21.8. The largest absolute Gasteiger partial charge is 0.586 e. The number of benzene rings is 1. The number of aromatic nitrogens is 4. The maximum absolute atomic E-state index is 13.3. The summed E-state index contributed by atoms with van der Waals surface area (Å²) in [6, 6.07) is 5.77. The highest BCUT2D eigenvalue weighted by molar-refractivity contribution is 5.83. The molecule has 1 atom stereocenters. The van der Waals surface area contributed by atoms with E-state index in [2.05, 4.69) is 40.2 Å². The van der Waals surface area contributed by atoms with Crippen molar-refractivity contribution in [3.63, 3.8) is 0 Å². The molecule has 3 heterocycles. The second-order valence-corrected chi connectivity index (χ2v) is 10.3. The Balaban J connectivity index is 1.18. The molecule has 0 spiro atoms. The van der Waals surface area contributed by atoms with E-state index < -0.39 is 17.9 Å². The van der Waals surface area contributed by atoms with Crippen LogP contribution in [0.3, 0.4) is 0 Å². The number of amides is 1. The third-order valence-electron chi connectivity index (χ3n) is 5.79. The van der Waals surface area contributed by atoms with Crippen LogP contribution >= 0.6 is 0 Å². The minimum absolute atomic E-state index is 0.0672. The summed E-state index contributed by atoms with van der Waals surface area (Å²) in [7, 11) is 0. The Morgan fingerprint density at radius 2 is 1.92 bits per heavy atom. The molecule has 208 valence electrons. The first-order valence-corrected chi connectivity index (χ1v) is 12.4. The second-order valence-electron chi connectivity index (χ2n) is 10.3. The molecule has 2 N–H and O–H groups in total. The molecule has 1 fully saturated rings. The van der Waals surface area contributed by atoms with E-state index in [1.807, 2.05) is 27.7 Å². The van der Waals surface area contributed by atoms with E-state index in [1.165, 1.54) is 30.5 Å². The van der Waals surface area contributed by atoms with Gasteiger partial charge in [-0.2, -0.15) is 9.97 Å². The number of hydrogen-bond acceptors (Lipinski definition) is 11. The first-order valence-electron chi connectivity index (χ1n) is 12.4. The van der Waals surface area contributed by atoms with Gasteiger partial charge < -0.3 is 28.8 Å². The lowest BCUT2D eigenvalue weighted by Crippen LogP contribution is -2.27. The van der Waals surface area contributed by atoms with Crippen LogP contribution in [0.4, 0.5) is 25.3 Å². The Kier molecular flexibility index (Phi) is 6.74. The number of nitrogens with zero attached hydrogens (tertiary/aromatic N) is 4. The quantitative estimate of drug-likeness (QED) is 0.370. The van der Waals surface area contributed by atoms with Crippen LogP contribution in [0.1, 0.15) is 52.8 Å². The van der Waals surface area contributed by atoms with Gasteiger partial charge in [0.15, 0.2) is 11.5 Å². The predicted molar refractivity (Wildman–Crippen MR) is 132 cm³/mol. The molecule has 1 unspecified atom stereocenters. The van der Waals surface area contributed by atoms with Gasteiger partial charge in [0.05, 0.1) is 18.3 Å². The van der Waals surface area contributed by atoms with Gasteiger partial charge in [0, 0.05) is 18.2 Å². The minimum atomic E-state index is -3.72. The summed E-state index contributed by atoms with van der Waals surface area (Å²) < 4.78 is 52.1. The van der Waals surface area contributed by atoms with E-state index in [0.29, 0.717) is 24.8 Å². The zero-order chi connectivity index (χ0) is 27.8. The number of anilines is 2. The van der Waals surface area contributed by atoms with Gasteiger partial charge in [-0.25, -0.2) is 9.78 Å². The molecule has 39 heavy (non-hydrogen) atoms. The van der Waals surface area contributed by atoms with Crippen molar-refractivity contribution in [3.05, 3.63) is 36.4 Å². The van der Waals surface area contributed by atoms with Crippen LogP contribution in [0.15, 0.2) is 35.0 Å². The van der Waals surface area contributed by atoms with Crippen LogP contribution in [0.2, 0.25) is 0 Å². The third-order valence-corrected chi connectivity index (χ3v) is 5.79. The Hall–Kier alpha value is -4.07. The normalized spacial score (nSPS) is 17.4. The van der Waals surface area contributed by atoms with Crippen molar-refractivity contribution >= 4 is 17.9 Å². The van der Waals surface area contributed by atoms with E-state index in [1.54, 1.807) is 0 Å². The van der Waals surface area contributed by atoms with Crippen LogP contribution in [0.5, 0.6) is 11.5 Å². The maximum Gasteiger partial charge on any atom is 0.586 e. The first kappa shape index (κ1) is 26.5. The highest BCUT2D eigenvalue weighted by Gasteiger charge is 2.50. The van der Waals surface area contributed by atoms with E-state index in [9.17, 15) is 13.6 Å². The van der Waals surface area contributed by atoms with E-state index in [0.717, 1.165) is 0 Å². The molecule has 12 nitrogen and oxygen atoms in total. The molecule has 5 rings (SSSR count). The number of fused-ring (bicyclic) bond motifs is 1. The molecule has 0 saturated heterocycles. The summed E-state index contributed by atoms with van der Waals surface area (Å²) in [6.07, 6.45) is -1.06. The van der Waals surface area contributed by atoms with Gasteiger partial charge >= 0.3 is 12.4 Å². The highest BCUT2D eigenvalue weighted by atomic mass is 19.3. The molecular formula is C25H28F2N6O6. The van der Waals surface area contributed by atoms with Gasteiger partial charge in [0.2, 0.25) is 11.8 Å².